The summed E-state index contributed by atoms with van der Waals surface area (Å²) < 4.78 is 11.0. The lowest BCUT2D eigenvalue weighted by atomic mass is 10.2. The molecular formula is C19H33IN4O2. The molecule has 2 rings (SSSR count). The van der Waals surface area contributed by atoms with Crippen molar-refractivity contribution < 1.29 is 9.47 Å². The zero-order valence-electron chi connectivity index (χ0n) is 16.6. The lowest BCUT2D eigenvalue weighted by Gasteiger charge is -2.38. The Labute approximate surface area is 175 Å². The number of hydrogen-bond donors (Lipinski definition) is 1. The molecule has 6 nitrogen and oxygen atoms in total. The lowest BCUT2D eigenvalue weighted by molar-refractivity contribution is -0.0175. The SMILES string of the molecule is CN=C(NCC(C)N1CCOCC1C)N(C)Cc1ccccc1OC.I. The van der Waals surface area contributed by atoms with Crippen LogP contribution in [0.15, 0.2) is 29.3 Å². The van der Waals surface area contributed by atoms with Gasteiger partial charge in [-0.25, -0.2) is 0 Å². The summed E-state index contributed by atoms with van der Waals surface area (Å²) in [7, 11) is 5.57. The highest BCUT2D eigenvalue weighted by atomic mass is 127. The van der Waals surface area contributed by atoms with Crippen molar-refractivity contribution in [1.29, 1.82) is 0 Å². The minimum atomic E-state index is 0. The quantitative estimate of drug-likeness (QED) is 0.389. The molecule has 0 aliphatic carbocycles. The third-order valence-electron chi connectivity index (χ3n) is 4.71. The summed E-state index contributed by atoms with van der Waals surface area (Å²) in [5.74, 6) is 1.79. The fraction of sp³-hybridized carbons (Fsp3) is 0.632. The van der Waals surface area contributed by atoms with Crippen LogP contribution < -0.4 is 10.1 Å². The van der Waals surface area contributed by atoms with Crippen LogP contribution in [0.5, 0.6) is 5.75 Å². The number of morpholine rings is 1. The second-order valence-electron chi connectivity index (χ2n) is 6.61. The molecule has 1 aliphatic rings. The first-order valence-corrected chi connectivity index (χ1v) is 8.94. The van der Waals surface area contributed by atoms with Crippen molar-refractivity contribution in [2.45, 2.75) is 32.5 Å². The van der Waals surface area contributed by atoms with Crippen molar-refractivity contribution in [2.75, 3.05) is 47.5 Å². The summed E-state index contributed by atoms with van der Waals surface area (Å²) in [5, 5.41) is 3.50. The maximum absolute atomic E-state index is 5.53. The molecule has 1 fully saturated rings. The lowest BCUT2D eigenvalue weighted by Crippen LogP contribution is -2.53. The number of aliphatic imine (C=N–C) groups is 1. The number of nitrogens with zero attached hydrogens (tertiary/aromatic N) is 3. The number of benzene rings is 1. The summed E-state index contributed by atoms with van der Waals surface area (Å²) in [4.78, 5) is 9.03. The van der Waals surface area contributed by atoms with E-state index in [0.717, 1.165) is 50.1 Å². The summed E-state index contributed by atoms with van der Waals surface area (Å²) >= 11 is 0. The van der Waals surface area contributed by atoms with Gasteiger partial charge in [-0.15, -0.1) is 24.0 Å². The van der Waals surface area contributed by atoms with E-state index in [-0.39, 0.29) is 24.0 Å². The van der Waals surface area contributed by atoms with Gasteiger partial charge in [0.15, 0.2) is 5.96 Å². The van der Waals surface area contributed by atoms with Crippen molar-refractivity contribution in [1.82, 2.24) is 15.1 Å². The maximum Gasteiger partial charge on any atom is 0.193 e. The third-order valence-corrected chi connectivity index (χ3v) is 4.71. The number of para-hydroxylation sites is 1. The van der Waals surface area contributed by atoms with Crippen LogP contribution in [0.2, 0.25) is 0 Å². The third kappa shape index (κ3) is 6.28. The Morgan fingerprint density at radius 1 is 1.46 bits per heavy atom. The van der Waals surface area contributed by atoms with E-state index < -0.39 is 0 Å². The molecule has 2 atom stereocenters. The van der Waals surface area contributed by atoms with Crippen LogP contribution in [0.3, 0.4) is 0 Å². The molecule has 1 aliphatic heterocycles. The Balaban J connectivity index is 0.00000338. The van der Waals surface area contributed by atoms with Gasteiger partial charge >= 0.3 is 0 Å². The Hall–Kier alpha value is -1.06. The van der Waals surface area contributed by atoms with E-state index in [2.05, 4.69) is 40.0 Å². The van der Waals surface area contributed by atoms with Crippen LogP contribution >= 0.6 is 24.0 Å². The minimum Gasteiger partial charge on any atom is -0.496 e. The van der Waals surface area contributed by atoms with Gasteiger partial charge in [0.05, 0.1) is 20.3 Å². The molecule has 7 heteroatoms. The Kier molecular flexibility index (Phi) is 10.3. The molecule has 1 saturated heterocycles. The number of ether oxygens (including phenoxy) is 2. The van der Waals surface area contributed by atoms with Crippen molar-refractivity contribution in [2.24, 2.45) is 4.99 Å². The second kappa shape index (κ2) is 11.6. The normalized spacial score (nSPS) is 19.4. The molecule has 0 saturated carbocycles. The highest BCUT2D eigenvalue weighted by Crippen LogP contribution is 2.18. The van der Waals surface area contributed by atoms with Gasteiger partial charge in [-0.3, -0.25) is 9.89 Å². The molecule has 1 heterocycles. The summed E-state index contributed by atoms with van der Waals surface area (Å²) in [6.45, 7) is 8.68. The predicted octanol–water partition coefficient (Wildman–Crippen LogP) is 2.43. The van der Waals surface area contributed by atoms with Crippen molar-refractivity contribution in [3.05, 3.63) is 29.8 Å². The molecule has 2 unspecified atom stereocenters. The minimum absolute atomic E-state index is 0. The van der Waals surface area contributed by atoms with E-state index >= 15 is 0 Å². The summed E-state index contributed by atoms with van der Waals surface area (Å²) in [6, 6.07) is 8.97. The molecule has 0 aromatic heterocycles. The molecule has 26 heavy (non-hydrogen) atoms. The maximum atomic E-state index is 5.53. The van der Waals surface area contributed by atoms with E-state index in [1.165, 1.54) is 0 Å². The van der Waals surface area contributed by atoms with Gasteiger partial charge in [0.25, 0.3) is 0 Å². The van der Waals surface area contributed by atoms with Crippen LogP contribution in [0, 0.1) is 0 Å². The summed E-state index contributed by atoms with van der Waals surface area (Å²) in [6.07, 6.45) is 0. The number of rotatable bonds is 6. The zero-order valence-corrected chi connectivity index (χ0v) is 18.9. The van der Waals surface area contributed by atoms with E-state index in [4.69, 9.17) is 9.47 Å². The molecule has 0 radical (unpaired) electrons. The first kappa shape index (κ1) is 23.0. The van der Waals surface area contributed by atoms with Crippen LogP contribution in [-0.4, -0.2) is 75.4 Å². The number of methoxy groups -OCH3 is 1. The standard InChI is InChI=1S/C19H32N4O2.HI/c1-15(23-10-11-25-14-16(23)2)12-21-19(20-3)22(4)13-17-8-6-7-9-18(17)24-5;/h6-9,15-16H,10-14H2,1-5H3,(H,20,21);1H. The van der Waals surface area contributed by atoms with Crippen molar-refractivity contribution >= 4 is 29.9 Å². The Morgan fingerprint density at radius 3 is 2.85 bits per heavy atom. The highest BCUT2D eigenvalue weighted by Gasteiger charge is 2.23. The van der Waals surface area contributed by atoms with Crippen LogP contribution in [0.25, 0.3) is 0 Å². The predicted molar refractivity (Wildman–Crippen MR) is 118 cm³/mol. The topological polar surface area (TPSA) is 49.3 Å². The van der Waals surface area contributed by atoms with E-state index in [1.54, 1.807) is 7.11 Å². The monoisotopic (exact) mass is 476 g/mol. The van der Waals surface area contributed by atoms with Crippen LogP contribution in [-0.2, 0) is 11.3 Å². The second-order valence-corrected chi connectivity index (χ2v) is 6.61. The van der Waals surface area contributed by atoms with Crippen LogP contribution in [0.1, 0.15) is 19.4 Å². The number of guanidine groups is 1. The fourth-order valence-corrected chi connectivity index (χ4v) is 3.30. The Bertz CT molecular complexity index is 570. The summed E-state index contributed by atoms with van der Waals surface area (Å²) in [5.41, 5.74) is 1.14. The van der Waals surface area contributed by atoms with Crippen LogP contribution in [0.4, 0.5) is 0 Å². The molecule has 0 bridgehead atoms. The van der Waals surface area contributed by atoms with Gasteiger partial charge in [0.2, 0.25) is 0 Å². The molecule has 0 amide bonds. The molecule has 0 spiro atoms. The molecule has 148 valence electrons. The van der Waals surface area contributed by atoms with Gasteiger partial charge in [-0.2, -0.15) is 0 Å². The zero-order chi connectivity index (χ0) is 18.2. The van der Waals surface area contributed by atoms with Gasteiger partial charge in [-0.1, -0.05) is 18.2 Å². The number of hydrogen-bond acceptors (Lipinski definition) is 4. The smallest absolute Gasteiger partial charge is 0.193 e. The Morgan fingerprint density at radius 2 is 2.19 bits per heavy atom. The average Bonchev–Trinajstić information content (AvgIpc) is 2.63. The van der Waals surface area contributed by atoms with E-state index in [0.29, 0.717) is 12.1 Å². The first-order valence-electron chi connectivity index (χ1n) is 8.94. The van der Waals surface area contributed by atoms with Gasteiger partial charge < -0.3 is 19.7 Å². The highest BCUT2D eigenvalue weighted by molar-refractivity contribution is 14.0. The molecular weight excluding hydrogens is 443 g/mol. The van der Waals surface area contributed by atoms with Crippen molar-refractivity contribution in [3.63, 3.8) is 0 Å². The van der Waals surface area contributed by atoms with E-state index in [1.807, 2.05) is 32.3 Å². The fourth-order valence-electron chi connectivity index (χ4n) is 3.30. The van der Waals surface area contributed by atoms with Gasteiger partial charge in [-0.05, 0) is 19.9 Å². The molecule has 1 aromatic rings. The first-order chi connectivity index (χ1) is 12.1. The number of nitrogens with one attached hydrogen (secondary N) is 1. The van der Waals surface area contributed by atoms with Gasteiger partial charge in [0, 0.05) is 51.4 Å². The van der Waals surface area contributed by atoms with Crippen molar-refractivity contribution in [3.8, 4) is 5.75 Å². The number of halogens is 1. The molecule has 1 N–H and O–H groups in total. The largest absolute Gasteiger partial charge is 0.496 e. The molecule has 1 aromatic carbocycles. The van der Waals surface area contributed by atoms with Gasteiger partial charge in [0.1, 0.15) is 5.75 Å². The average molecular weight is 476 g/mol. The van der Waals surface area contributed by atoms with E-state index in [9.17, 15) is 0 Å².